The molecule has 0 spiro atoms. The van der Waals surface area contributed by atoms with E-state index in [0.717, 1.165) is 6.42 Å². The highest BCUT2D eigenvalue weighted by Crippen LogP contribution is 2.21. The van der Waals surface area contributed by atoms with Gasteiger partial charge in [0, 0.05) is 25.8 Å². The Balaban J connectivity index is 1.83. The number of carbonyl (C=O) groups excluding carboxylic acids is 2. The van der Waals surface area contributed by atoms with Crippen molar-refractivity contribution < 1.29 is 14.3 Å². The van der Waals surface area contributed by atoms with Gasteiger partial charge in [-0.05, 0) is 45.2 Å². The van der Waals surface area contributed by atoms with Crippen molar-refractivity contribution in [2.75, 3.05) is 19.6 Å². The molecular weight excluding hydrogens is 318 g/mol. The molecule has 126 valence electrons. The van der Waals surface area contributed by atoms with Crippen LogP contribution in [0.15, 0.2) is 18.3 Å². The van der Waals surface area contributed by atoms with Crippen LogP contribution < -0.4 is 5.32 Å². The maximum atomic E-state index is 12.4. The van der Waals surface area contributed by atoms with Gasteiger partial charge in [0.15, 0.2) is 0 Å². The van der Waals surface area contributed by atoms with Gasteiger partial charge in [-0.2, -0.15) is 0 Å². The zero-order chi connectivity index (χ0) is 17.0. The van der Waals surface area contributed by atoms with Gasteiger partial charge in [0.05, 0.1) is 5.56 Å². The lowest BCUT2D eigenvalue weighted by Gasteiger charge is -2.21. The van der Waals surface area contributed by atoms with Gasteiger partial charge in [-0.25, -0.2) is 9.78 Å². The van der Waals surface area contributed by atoms with Crippen molar-refractivity contribution in [3.63, 3.8) is 0 Å². The van der Waals surface area contributed by atoms with Crippen molar-refractivity contribution in [2.45, 2.75) is 32.8 Å². The second-order valence-corrected chi connectivity index (χ2v) is 6.99. The Hall–Kier alpha value is -1.82. The Morgan fingerprint density at radius 1 is 1.48 bits per heavy atom. The van der Waals surface area contributed by atoms with Gasteiger partial charge in [-0.1, -0.05) is 11.6 Å². The second-order valence-electron chi connectivity index (χ2n) is 6.63. The van der Waals surface area contributed by atoms with Gasteiger partial charge >= 0.3 is 6.09 Å². The van der Waals surface area contributed by atoms with E-state index in [-0.39, 0.29) is 17.0 Å². The molecule has 1 aliphatic rings. The predicted molar refractivity (Wildman–Crippen MR) is 87.5 cm³/mol. The van der Waals surface area contributed by atoms with Crippen molar-refractivity contribution in [3.05, 3.63) is 29.0 Å². The van der Waals surface area contributed by atoms with Gasteiger partial charge < -0.3 is 15.0 Å². The van der Waals surface area contributed by atoms with Crippen LogP contribution in [0, 0.1) is 5.92 Å². The fraction of sp³-hybridized carbons (Fsp3) is 0.562. The third kappa shape index (κ3) is 5.10. The summed E-state index contributed by atoms with van der Waals surface area (Å²) in [6.07, 6.45) is 1.95. The van der Waals surface area contributed by atoms with Crippen LogP contribution in [-0.2, 0) is 4.74 Å². The number of nitrogens with zero attached hydrogens (tertiary/aromatic N) is 2. The fourth-order valence-corrected chi connectivity index (χ4v) is 2.64. The summed E-state index contributed by atoms with van der Waals surface area (Å²) in [7, 11) is 0. The molecule has 0 aromatic carbocycles. The summed E-state index contributed by atoms with van der Waals surface area (Å²) in [4.78, 5) is 29.8. The van der Waals surface area contributed by atoms with Crippen LogP contribution in [0.5, 0.6) is 0 Å². The average molecular weight is 340 g/mol. The van der Waals surface area contributed by atoms with Crippen molar-refractivity contribution in [1.29, 1.82) is 0 Å². The summed E-state index contributed by atoms with van der Waals surface area (Å²) in [5, 5.41) is 2.97. The first-order valence-electron chi connectivity index (χ1n) is 7.63. The summed E-state index contributed by atoms with van der Waals surface area (Å²) in [5.74, 6) is 0.0878. The van der Waals surface area contributed by atoms with E-state index in [1.165, 1.54) is 0 Å². The number of hydrogen-bond donors (Lipinski definition) is 1. The van der Waals surface area contributed by atoms with Crippen LogP contribution in [0.25, 0.3) is 0 Å². The third-order valence-electron chi connectivity index (χ3n) is 3.50. The maximum Gasteiger partial charge on any atom is 0.407 e. The highest BCUT2D eigenvalue weighted by molar-refractivity contribution is 6.32. The molecule has 0 aliphatic carbocycles. The number of ether oxygens (including phenoxy) is 1. The molecule has 1 aromatic heterocycles. The number of halogens is 1. The summed E-state index contributed by atoms with van der Waals surface area (Å²) in [5.41, 5.74) is -0.103. The first-order chi connectivity index (χ1) is 10.8. The molecule has 1 fully saturated rings. The van der Waals surface area contributed by atoms with Gasteiger partial charge in [-0.15, -0.1) is 0 Å². The number of aromatic nitrogens is 1. The topological polar surface area (TPSA) is 71.5 Å². The normalized spacial score (nSPS) is 17.9. The minimum absolute atomic E-state index is 0.122. The molecule has 0 saturated carbocycles. The molecule has 6 nitrogen and oxygen atoms in total. The monoisotopic (exact) mass is 339 g/mol. The van der Waals surface area contributed by atoms with Crippen molar-refractivity contribution in [2.24, 2.45) is 5.92 Å². The minimum atomic E-state index is -0.515. The lowest BCUT2D eigenvalue weighted by Crippen LogP contribution is -2.36. The van der Waals surface area contributed by atoms with Crippen LogP contribution in [0.2, 0.25) is 5.15 Å². The molecular formula is C16H22ClN3O3. The molecule has 2 amide bonds. The summed E-state index contributed by atoms with van der Waals surface area (Å²) in [6, 6.07) is 3.36. The summed E-state index contributed by atoms with van der Waals surface area (Å²) in [6.45, 7) is 7.17. The Kier molecular flexibility index (Phi) is 5.46. The number of alkyl carbamates (subject to hydrolysis) is 1. The van der Waals surface area contributed by atoms with Crippen molar-refractivity contribution >= 4 is 23.6 Å². The SMILES string of the molecule is CC(C)(C)OC(=O)NCC1CCN(C(=O)c2cccnc2Cl)C1. The average Bonchev–Trinajstić information content (AvgIpc) is 2.92. The molecule has 2 heterocycles. The molecule has 1 atom stereocenters. The third-order valence-corrected chi connectivity index (χ3v) is 3.80. The number of likely N-dealkylation sites (tertiary alicyclic amines) is 1. The molecule has 1 N–H and O–H groups in total. The number of carbonyl (C=O) groups is 2. The summed E-state index contributed by atoms with van der Waals surface area (Å²) >= 11 is 5.97. The van der Waals surface area contributed by atoms with Crippen molar-refractivity contribution in [3.8, 4) is 0 Å². The molecule has 1 aromatic rings. The van der Waals surface area contributed by atoms with Gasteiger partial charge in [0.2, 0.25) is 0 Å². The largest absolute Gasteiger partial charge is 0.444 e. The lowest BCUT2D eigenvalue weighted by atomic mass is 10.1. The van der Waals surface area contributed by atoms with Crippen LogP contribution >= 0.6 is 11.6 Å². The van der Waals surface area contributed by atoms with E-state index in [0.29, 0.717) is 25.2 Å². The zero-order valence-corrected chi connectivity index (χ0v) is 14.4. The quantitative estimate of drug-likeness (QED) is 0.859. The van der Waals surface area contributed by atoms with Crippen molar-refractivity contribution in [1.82, 2.24) is 15.2 Å². The van der Waals surface area contributed by atoms with E-state index in [1.54, 1.807) is 23.2 Å². The lowest BCUT2D eigenvalue weighted by molar-refractivity contribution is 0.0520. The number of rotatable bonds is 3. The molecule has 1 aliphatic heterocycles. The Bertz CT molecular complexity index is 586. The highest BCUT2D eigenvalue weighted by Gasteiger charge is 2.28. The number of pyridine rings is 1. The van der Waals surface area contributed by atoms with Crippen LogP contribution in [0.3, 0.4) is 0 Å². The van der Waals surface area contributed by atoms with E-state index < -0.39 is 11.7 Å². The maximum absolute atomic E-state index is 12.4. The van der Waals surface area contributed by atoms with Crippen LogP contribution in [-0.4, -0.2) is 47.1 Å². The first kappa shape index (κ1) is 17.5. The Morgan fingerprint density at radius 2 is 2.22 bits per heavy atom. The molecule has 0 bridgehead atoms. The van der Waals surface area contributed by atoms with Gasteiger partial charge in [-0.3, -0.25) is 4.79 Å². The highest BCUT2D eigenvalue weighted by atomic mass is 35.5. The molecule has 1 saturated heterocycles. The minimum Gasteiger partial charge on any atom is -0.444 e. The summed E-state index contributed by atoms with van der Waals surface area (Å²) < 4.78 is 5.20. The van der Waals surface area contributed by atoms with Gasteiger partial charge in [0.25, 0.3) is 5.91 Å². The molecule has 7 heteroatoms. The number of amides is 2. The predicted octanol–water partition coefficient (Wildman–Crippen LogP) is 2.72. The van der Waals surface area contributed by atoms with E-state index in [2.05, 4.69) is 10.3 Å². The van der Waals surface area contributed by atoms with E-state index in [1.807, 2.05) is 20.8 Å². The van der Waals surface area contributed by atoms with Gasteiger partial charge in [0.1, 0.15) is 10.8 Å². The van der Waals surface area contributed by atoms with Crippen LogP contribution in [0.1, 0.15) is 37.6 Å². The van der Waals surface area contributed by atoms with Crippen LogP contribution in [0.4, 0.5) is 4.79 Å². The molecule has 23 heavy (non-hydrogen) atoms. The number of hydrogen-bond acceptors (Lipinski definition) is 4. The van der Waals surface area contributed by atoms with E-state index >= 15 is 0 Å². The van der Waals surface area contributed by atoms with E-state index in [4.69, 9.17) is 16.3 Å². The van der Waals surface area contributed by atoms with E-state index in [9.17, 15) is 9.59 Å². The second kappa shape index (κ2) is 7.17. The number of nitrogens with one attached hydrogen (secondary N) is 1. The Morgan fingerprint density at radius 3 is 2.87 bits per heavy atom. The fourth-order valence-electron chi connectivity index (χ4n) is 2.44. The Labute approximate surface area is 141 Å². The molecule has 2 rings (SSSR count). The first-order valence-corrected chi connectivity index (χ1v) is 8.00. The smallest absolute Gasteiger partial charge is 0.407 e. The molecule has 1 unspecified atom stereocenters. The zero-order valence-electron chi connectivity index (χ0n) is 13.6. The standard InChI is InChI=1S/C16H22ClN3O3/c1-16(2,3)23-15(22)19-9-11-6-8-20(10-11)14(21)12-5-4-7-18-13(12)17/h4-5,7,11H,6,8-10H2,1-3H3,(H,19,22). The molecule has 0 radical (unpaired) electrons.